The summed E-state index contributed by atoms with van der Waals surface area (Å²) < 4.78 is 5.94. The van der Waals surface area contributed by atoms with Gasteiger partial charge in [-0.1, -0.05) is 0 Å². The first kappa shape index (κ1) is 14.3. The van der Waals surface area contributed by atoms with E-state index in [1.54, 1.807) is 0 Å². The lowest BCUT2D eigenvalue weighted by Gasteiger charge is -2.45. The summed E-state index contributed by atoms with van der Waals surface area (Å²) in [4.78, 5) is 2.44. The zero-order valence-electron chi connectivity index (χ0n) is 12.2. The summed E-state index contributed by atoms with van der Waals surface area (Å²) in [6.45, 7) is 9.46. The Balaban J connectivity index is 2.02. The third-order valence-electron chi connectivity index (χ3n) is 4.28. The highest BCUT2D eigenvalue weighted by atomic mass is 16.5. The van der Waals surface area contributed by atoms with Crippen molar-refractivity contribution in [3.8, 4) is 0 Å². The number of hydrogen-bond acceptors (Lipinski definition) is 4. The molecule has 2 atom stereocenters. The van der Waals surface area contributed by atoms with Crippen molar-refractivity contribution in [2.45, 2.75) is 50.9 Å². The van der Waals surface area contributed by atoms with Crippen LogP contribution in [0.3, 0.4) is 0 Å². The van der Waals surface area contributed by atoms with Crippen LogP contribution in [0.2, 0.25) is 0 Å². The standard InChI is InChI=1S/C14H28N2O2/c1-11-7-16(8-13(2,3)18-11)9-14(10-17,15-4)12-5-6-12/h11-12,15,17H,5-10H2,1-4H3. The van der Waals surface area contributed by atoms with Gasteiger partial charge in [0.15, 0.2) is 0 Å². The Morgan fingerprint density at radius 3 is 2.56 bits per heavy atom. The van der Waals surface area contributed by atoms with Gasteiger partial charge in [0, 0.05) is 19.6 Å². The molecule has 4 heteroatoms. The van der Waals surface area contributed by atoms with E-state index in [-0.39, 0.29) is 23.9 Å². The minimum Gasteiger partial charge on any atom is -0.394 e. The number of aliphatic hydroxyl groups is 1. The van der Waals surface area contributed by atoms with Crippen molar-refractivity contribution in [2.24, 2.45) is 5.92 Å². The number of likely N-dealkylation sites (N-methyl/N-ethyl adjacent to an activating group) is 1. The molecule has 2 fully saturated rings. The topological polar surface area (TPSA) is 44.7 Å². The number of ether oxygens (including phenoxy) is 1. The molecule has 1 heterocycles. The lowest BCUT2D eigenvalue weighted by molar-refractivity contribution is -0.134. The van der Waals surface area contributed by atoms with E-state index in [9.17, 15) is 5.11 Å². The highest BCUT2D eigenvalue weighted by Crippen LogP contribution is 2.40. The first-order chi connectivity index (χ1) is 8.41. The molecule has 1 aliphatic carbocycles. The summed E-state index contributed by atoms with van der Waals surface area (Å²) in [5.74, 6) is 0.633. The SMILES string of the molecule is CNC(CO)(CN1CC(C)OC(C)(C)C1)C1CC1. The van der Waals surface area contributed by atoms with Crippen molar-refractivity contribution in [1.82, 2.24) is 10.2 Å². The average Bonchev–Trinajstić information content (AvgIpc) is 3.07. The predicted octanol–water partition coefficient (Wildman–Crippen LogP) is 0.846. The fraction of sp³-hybridized carbons (Fsp3) is 1.00. The van der Waals surface area contributed by atoms with E-state index in [1.165, 1.54) is 12.8 Å². The molecule has 106 valence electrons. The number of hydrogen-bond donors (Lipinski definition) is 2. The number of rotatable bonds is 5. The second kappa shape index (κ2) is 5.08. The molecule has 0 aromatic rings. The number of nitrogens with one attached hydrogen (secondary N) is 1. The first-order valence-corrected chi connectivity index (χ1v) is 7.11. The van der Waals surface area contributed by atoms with Crippen molar-refractivity contribution in [1.29, 1.82) is 0 Å². The van der Waals surface area contributed by atoms with Crippen LogP contribution in [0.15, 0.2) is 0 Å². The van der Waals surface area contributed by atoms with Gasteiger partial charge in [-0.15, -0.1) is 0 Å². The Bertz CT molecular complexity index is 286. The molecule has 2 unspecified atom stereocenters. The summed E-state index contributed by atoms with van der Waals surface area (Å²) in [6, 6.07) is 0. The van der Waals surface area contributed by atoms with Crippen LogP contribution in [0, 0.1) is 5.92 Å². The Kier molecular flexibility index (Phi) is 4.02. The zero-order chi connectivity index (χ0) is 13.4. The largest absolute Gasteiger partial charge is 0.394 e. The van der Waals surface area contributed by atoms with Gasteiger partial charge in [-0.25, -0.2) is 0 Å². The van der Waals surface area contributed by atoms with Gasteiger partial charge in [0.2, 0.25) is 0 Å². The molecular formula is C14H28N2O2. The molecule has 0 spiro atoms. The molecule has 0 aromatic heterocycles. The van der Waals surface area contributed by atoms with Gasteiger partial charge in [0.05, 0.1) is 23.9 Å². The van der Waals surface area contributed by atoms with E-state index in [1.807, 2.05) is 7.05 Å². The number of morpholine rings is 1. The fourth-order valence-electron chi connectivity index (χ4n) is 3.41. The minimum absolute atomic E-state index is 0.0871. The third-order valence-corrected chi connectivity index (χ3v) is 4.28. The Hall–Kier alpha value is -0.160. The summed E-state index contributed by atoms with van der Waals surface area (Å²) in [7, 11) is 1.98. The maximum absolute atomic E-state index is 9.79. The molecule has 0 radical (unpaired) electrons. The lowest BCUT2D eigenvalue weighted by Crippen LogP contribution is -2.61. The molecule has 0 amide bonds. The normalized spacial score (nSPS) is 32.2. The van der Waals surface area contributed by atoms with Gasteiger partial charge >= 0.3 is 0 Å². The smallest absolute Gasteiger partial charge is 0.0757 e. The van der Waals surface area contributed by atoms with Crippen LogP contribution in [0.25, 0.3) is 0 Å². The van der Waals surface area contributed by atoms with Gasteiger partial charge in [0.25, 0.3) is 0 Å². The molecular weight excluding hydrogens is 228 g/mol. The molecule has 18 heavy (non-hydrogen) atoms. The van der Waals surface area contributed by atoms with Gasteiger partial charge in [-0.3, -0.25) is 4.90 Å². The van der Waals surface area contributed by atoms with Crippen LogP contribution in [-0.4, -0.2) is 60.5 Å². The molecule has 1 saturated heterocycles. The summed E-state index contributed by atoms with van der Waals surface area (Å²) in [6.07, 6.45) is 2.75. The van der Waals surface area contributed by atoms with Gasteiger partial charge in [0.1, 0.15) is 0 Å². The van der Waals surface area contributed by atoms with Crippen LogP contribution >= 0.6 is 0 Å². The molecule has 1 saturated carbocycles. The van der Waals surface area contributed by atoms with Crippen LogP contribution in [0.5, 0.6) is 0 Å². The molecule has 0 aromatic carbocycles. The molecule has 2 aliphatic rings. The second-order valence-corrected chi connectivity index (χ2v) is 6.70. The maximum atomic E-state index is 9.79. The molecule has 4 nitrogen and oxygen atoms in total. The van der Waals surface area contributed by atoms with Crippen molar-refractivity contribution in [2.75, 3.05) is 33.3 Å². The fourth-order valence-corrected chi connectivity index (χ4v) is 3.41. The molecule has 2 N–H and O–H groups in total. The Labute approximate surface area is 111 Å². The summed E-state index contributed by atoms with van der Waals surface area (Å²) in [5.41, 5.74) is -0.205. The van der Waals surface area contributed by atoms with Gasteiger partial charge in [-0.05, 0) is 46.6 Å². The van der Waals surface area contributed by atoms with Crippen molar-refractivity contribution in [3.05, 3.63) is 0 Å². The van der Waals surface area contributed by atoms with E-state index >= 15 is 0 Å². The monoisotopic (exact) mass is 256 g/mol. The zero-order valence-corrected chi connectivity index (χ0v) is 12.2. The predicted molar refractivity (Wildman–Crippen MR) is 72.7 cm³/mol. The summed E-state index contributed by atoms with van der Waals surface area (Å²) >= 11 is 0. The van der Waals surface area contributed by atoms with Gasteiger partial charge in [-0.2, -0.15) is 0 Å². The average molecular weight is 256 g/mol. The van der Waals surface area contributed by atoms with Gasteiger partial charge < -0.3 is 15.2 Å². The molecule has 2 rings (SSSR count). The number of nitrogens with zero attached hydrogens (tertiary/aromatic N) is 1. The first-order valence-electron chi connectivity index (χ1n) is 7.11. The summed E-state index contributed by atoms with van der Waals surface area (Å²) in [5, 5.41) is 13.2. The van der Waals surface area contributed by atoms with Crippen molar-refractivity contribution in [3.63, 3.8) is 0 Å². The Morgan fingerprint density at radius 1 is 1.44 bits per heavy atom. The second-order valence-electron chi connectivity index (χ2n) is 6.70. The lowest BCUT2D eigenvalue weighted by atomic mass is 9.92. The Morgan fingerprint density at radius 2 is 2.11 bits per heavy atom. The number of aliphatic hydroxyl groups excluding tert-OH is 1. The highest BCUT2D eigenvalue weighted by Gasteiger charge is 2.46. The highest BCUT2D eigenvalue weighted by molar-refractivity contribution is 5.03. The quantitative estimate of drug-likeness (QED) is 0.765. The van der Waals surface area contributed by atoms with Crippen LogP contribution < -0.4 is 5.32 Å². The van der Waals surface area contributed by atoms with E-state index in [4.69, 9.17) is 4.74 Å². The molecule has 0 bridgehead atoms. The van der Waals surface area contributed by atoms with E-state index in [0.29, 0.717) is 5.92 Å². The third kappa shape index (κ3) is 3.05. The minimum atomic E-state index is -0.118. The van der Waals surface area contributed by atoms with Crippen LogP contribution in [0.4, 0.5) is 0 Å². The van der Waals surface area contributed by atoms with E-state index in [2.05, 4.69) is 31.0 Å². The van der Waals surface area contributed by atoms with E-state index < -0.39 is 0 Å². The maximum Gasteiger partial charge on any atom is 0.0757 e. The molecule has 1 aliphatic heterocycles. The van der Waals surface area contributed by atoms with Crippen molar-refractivity contribution >= 4 is 0 Å². The van der Waals surface area contributed by atoms with Crippen molar-refractivity contribution < 1.29 is 9.84 Å². The van der Waals surface area contributed by atoms with Crippen LogP contribution in [-0.2, 0) is 4.74 Å². The van der Waals surface area contributed by atoms with E-state index in [0.717, 1.165) is 19.6 Å². The van der Waals surface area contributed by atoms with Crippen LogP contribution in [0.1, 0.15) is 33.6 Å².